The minimum absolute atomic E-state index is 0.0597. The number of H-pyrrole nitrogens is 2. The average Bonchev–Trinajstić information content (AvgIpc) is 3.76. The Morgan fingerprint density at radius 3 is 2.71 bits per heavy atom. The van der Waals surface area contributed by atoms with Crippen LogP contribution in [0.4, 0.5) is 10.1 Å². The second-order valence-electron chi connectivity index (χ2n) is 10.3. The molecule has 10 heteroatoms. The Labute approximate surface area is 234 Å². The highest BCUT2D eigenvalue weighted by Gasteiger charge is 2.23. The molecule has 2 aromatic carbocycles. The maximum atomic E-state index is 14.3. The maximum Gasteiger partial charge on any atom is 0.227 e. The van der Waals surface area contributed by atoms with E-state index in [1.165, 1.54) is 19.2 Å². The highest BCUT2D eigenvalue weighted by molar-refractivity contribution is 5.98. The number of halogens is 1. The van der Waals surface area contributed by atoms with Gasteiger partial charge < -0.3 is 15.0 Å². The predicted octanol–water partition coefficient (Wildman–Crippen LogP) is 6.51. The third-order valence-electron chi connectivity index (χ3n) is 7.63. The third kappa shape index (κ3) is 4.67. The van der Waals surface area contributed by atoms with E-state index >= 15 is 0 Å². The Hall–Kier alpha value is -5.12. The van der Waals surface area contributed by atoms with Crippen LogP contribution in [0.1, 0.15) is 25.7 Å². The van der Waals surface area contributed by atoms with Crippen molar-refractivity contribution >= 4 is 33.5 Å². The lowest BCUT2D eigenvalue weighted by atomic mass is 10.0. The lowest BCUT2D eigenvalue weighted by molar-refractivity contribution is -0.119. The molecule has 7 rings (SSSR count). The molecule has 4 aromatic heterocycles. The van der Waals surface area contributed by atoms with Crippen LogP contribution in [-0.2, 0) is 4.79 Å². The number of ether oxygens (including phenoxy) is 1. The lowest BCUT2D eigenvalue weighted by Crippen LogP contribution is -2.20. The van der Waals surface area contributed by atoms with Crippen LogP contribution in [0, 0.1) is 11.7 Å². The summed E-state index contributed by atoms with van der Waals surface area (Å²) in [5.74, 6) is 0.667. The molecule has 4 heterocycles. The van der Waals surface area contributed by atoms with Crippen molar-refractivity contribution in [1.82, 2.24) is 30.1 Å². The zero-order valence-electron chi connectivity index (χ0n) is 22.2. The Kier molecular flexibility index (Phi) is 6.15. The Bertz CT molecular complexity index is 1920. The molecule has 1 fully saturated rings. The number of imidazole rings is 1. The number of nitrogens with zero attached hydrogens (tertiary/aromatic N) is 4. The molecule has 0 atom stereocenters. The number of aromatic nitrogens is 6. The maximum absolute atomic E-state index is 14.3. The van der Waals surface area contributed by atoms with Gasteiger partial charge in [-0.15, -0.1) is 0 Å². The normalized spacial score (nSPS) is 13.7. The minimum atomic E-state index is -0.420. The number of amides is 1. The summed E-state index contributed by atoms with van der Waals surface area (Å²) in [7, 11) is 1.50. The first kappa shape index (κ1) is 24.9. The molecular formula is C31H26FN7O2. The number of carbonyl (C=O) groups excluding carboxylic acids is 1. The van der Waals surface area contributed by atoms with E-state index in [0.29, 0.717) is 39.7 Å². The third-order valence-corrected chi connectivity index (χ3v) is 7.63. The molecule has 0 unspecified atom stereocenters. The molecule has 1 amide bonds. The van der Waals surface area contributed by atoms with Crippen molar-refractivity contribution in [3.8, 4) is 39.7 Å². The average molecular weight is 548 g/mol. The molecule has 0 saturated heterocycles. The van der Waals surface area contributed by atoms with Gasteiger partial charge in [0.15, 0.2) is 5.82 Å². The summed E-state index contributed by atoms with van der Waals surface area (Å²) in [6.45, 7) is 0. The van der Waals surface area contributed by atoms with E-state index in [-0.39, 0.29) is 11.8 Å². The molecule has 9 nitrogen and oxygen atoms in total. The zero-order chi connectivity index (χ0) is 27.9. The van der Waals surface area contributed by atoms with Crippen molar-refractivity contribution in [2.45, 2.75) is 25.7 Å². The van der Waals surface area contributed by atoms with E-state index in [0.717, 1.165) is 53.2 Å². The number of anilines is 1. The van der Waals surface area contributed by atoms with Crippen LogP contribution in [0.2, 0.25) is 0 Å². The smallest absolute Gasteiger partial charge is 0.227 e. The number of carbonyl (C=O) groups is 1. The fourth-order valence-corrected chi connectivity index (χ4v) is 5.55. The van der Waals surface area contributed by atoms with E-state index < -0.39 is 5.82 Å². The Morgan fingerprint density at radius 2 is 1.85 bits per heavy atom. The molecular weight excluding hydrogens is 521 g/mol. The van der Waals surface area contributed by atoms with Crippen molar-refractivity contribution in [2.75, 3.05) is 12.4 Å². The number of nitrogens with one attached hydrogen (secondary N) is 3. The number of hydrogen-bond donors (Lipinski definition) is 3. The van der Waals surface area contributed by atoms with Gasteiger partial charge in [-0.3, -0.25) is 19.9 Å². The van der Waals surface area contributed by atoms with Crippen LogP contribution in [-0.4, -0.2) is 43.2 Å². The number of methoxy groups -OCH3 is 1. The van der Waals surface area contributed by atoms with Gasteiger partial charge in [-0.25, -0.2) is 9.37 Å². The molecule has 0 aliphatic heterocycles. The van der Waals surface area contributed by atoms with E-state index in [2.05, 4.69) is 30.5 Å². The van der Waals surface area contributed by atoms with Crippen molar-refractivity contribution in [3.05, 3.63) is 72.9 Å². The van der Waals surface area contributed by atoms with Gasteiger partial charge in [0.25, 0.3) is 0 Å². The van der Waals surface area contributed by atoms with Crippen LogP contribution < -0.4 is 10.1 Å². The molecule has 3 N–H and O–H groups in total. The van der Waals surface area contributed by atoms with Crippen LogP contribution >= 0.6 is 0 Å². The molecule has 1 aliphatic rings. The van der Waals surface area contributed by atoms with E-state index in [1.807, 2.05) is 30.3 Å². The molecule has 6 aromatic rings. The first-order chi connectivity index (χ1) is 20.1. The van der Waals surface area contributed by atoms with Gasteiger partial charge in [0.05, 0.1) is 35.7 Å². The van der Waals surface area contributed by atoms with Gasteiger partial charge in [0, 0.05) is 40.9 Å². The minimum Gasteiger partial charge on any atom is -0.497 e. The van der Waals surface area contributed by atoms with Crippen molar-refractivity contribution in [2.24, 2.45) is 5.92 Å². The molecule has 1 saturated carbocycles. The van der Waals surface area contributed by atoms with E-state index in [1.54, 1.807) is 24.7 Å². The number of rotatable bonds is 6. The van der Waals surface area contributed by atoms with Crippen molar-refractivity contribution in [1.29, 1.82) is 0 Å². The topological polar surface area (TPSA) is 121 Å². The Morgan fingerprint density at radius 1 is 0.976 bits per heavy atom. The summed E-state index contributed by atoms with van der Waals surface area (Å²) >= 11 is 0. The molecule has 41 heavy (non-hydrogen) atoms. The van der Waals surface area contributed by atoms with Gasteiger partial charge in [-0.05, 0) is 54.8 Å². The summed E-state index contributed by atoms with van der Waals surface area (Å²) < 4.78 is 19.5. The van der Waals surface area contributed by atoms with Crippen LogP contribution in [0.5, 0.6) is 5.75 Å². The van der Waals surface area contributed by atoms with E-state index in [4.69, 9.17) is 9.72 Å². The van der Waals surface area contributed by atoms with Gasteiger partial charge in [0.2, 0.25) is 5.91 Å². The second kappa shape index (κ2) is 10.1. The van der Waals surface area contributed by atoms with Gasteiger partial charge >= 0.3 is 0 Å². The molecule has 204 valence electrons. The predicted molar refractivity (Wildman–Crippen MR) is 155 cm³/mol. The number of hydrogen-bond acceptors (Lipinski definition) is 6. The van der Waals surface area contributed by atoms with Crippen LogP contribution in [0.15, 0.2) is 67.1 Å². The molecule has 0 radical (unpaired) electrons. The summed E-state index contributed by atoms with van der Waals surface area (Å²) in [5.41, 5.74) is 6.40. The molecule has 1 aliphatic carbocycles. The first-order valence-corrected chi connectivity index (χ1v) is 13.5. The second-order valence-corrected chi connectivity index (χ2v) is 10.3. The van der Waals surface area contributed by atoms with E-state index in [9.17, 15) is 9.18 Å². The fourth-order valence-electron chi connectivity index (χ4n) is 5.55. The number of pyridine rings is 2. The van der Waals surface area contributed by atoms with Gasteiger partial charge in [0.1, 0.15) is 22.8 Å². The summed E-state index contributed by atoms with van der Waals surface area (Å²) in [6.07, 6.45) is 9.19. The van der Waals surface area contributed by atoms with Gasteiger partial charge in [-0.1, -0.05) is 18.9 Å². The van der Waals surface area contributed by atoms with Crippen LogP contribution in [0.3, 0.4) is 0 Å². The largest absolute Gasteiger partial charge is 0.497 e. The van der Waals surface area contributed by atoms with Crippen molar-refractivity contribution < 1.29 is 13.9 Å². The zero-order valence-corrected chi connectivity index (χ0v) is 22.2. The highest BCUT2D eigenvalue weighted by atomic mass is 19.1. The number of benzene rings is 2. The first-order valence-electron chi connectivity index (χ1n) is 13.5. The summed E-state index contributed by atoms with van der Waals surface area (Å²) in [5, 5.41) is 11.5. The fraction of sp³-hybridized carbons (Fsp3) is 0.194. The number of aromatic amines is 2. The van der Waals surface area contributed by atoms with Gasteiger partial charge in [-0.2, -0.15) is 5.10 Å². The van der Waals surface area contributed by atoms with Crippen molar-refractivity contribution in [3.63, 3.8) is 0 Å². The monoisotopic (exact) mass is 547 g/mol. The Balaban J connectivity index is 1.25. The van der Waals surface area contributed by atoms with Crippen LogP contribution in [0.25, 0.3) is 55.8 Å². The quantitative estimate of drug-likeness (QED) is 0.219. The summed E-state index contributed by atoms with van der Waals surface area (Å²) in [4.78, 5) is 29.7. The highest BCUT2D eigenvalue weighted by Crippen LogP contribution is 2.34. The summed E-state index contributed by atoms with van der Waals surface area (Å²) in [6, 6.07) is 14.2. The molecule has 0 bridgehead atoms. The standard InChI is InChI=1S/C31H26FN7O2/c1-41-23-12-19(10-21(32)14-23)27-29-26(8-9-34-27)36-30(37-29)28-24-13-18(6-7-25(24)38-39-28)20-11-22(16-33-15-20)35-31(40)17-4-2-3-5-17/h6-17H,2-5H2,1H3,(H,35,40)(H,36,37)(H,38,39). The molecule has 0 spiro atoms. The lowest BCUT2D eigenvalue weighted by Gasteiger charge is -2.11. The SMILES string of the molecule is COc1cc(F)cc(-c2nccc3[nH]c(-c4n[nH]c5ccc(-c6cncc(NC(=O)C7CCCC7)c6)cc45)nc23)c1. The number of fused-ring (bicyclic) bond motifs is 2.